The number of hydrogen-bond donors (Lipinski definition) is 1. The van der Waals surface area contributed by atoms with Crippen molar-refractivity contribution in [1.29, 1.82) is 0 Å². The van der Waals surface area contributed by atoms with Crippen molar-refractivity contribution in [2.24, 2.45) is 0 Å². The lowest BCUT2D eigenvalue weighted by Gasteiger charge is -2.11. The molecule has 0 saturated carbocycles. The Morgan fingerprint density at radius 2 is 1.65 bits per heavy atom. The first-order chi connectivity index (χ1) is 9.51. The monoisotopic (exact) mass is 308 g/mol. The molecule has 106 valence electrons. The molecular weight excluding hydrogens is 291 g/mol. The average Bonchev–Trinajstić information content (AvgIpc) is 2.36. The second-order valence-electron chi connectivity index (χ2n) is 4.95. The fraction of sp³-hybridized carbons (Fsp3) is 0.312. The minimum absolute atomic E-state index is 0.552. The SMILES string of the molecule is CCCNc1nc(-c2cc(C)cc(C)c2)c(Cl)cc1Cl. The topological polar surface area (TPSA) is 24.9 Å². The normalized spacial score (nSPS) is 10.7. The molecule has 1 heterocycles. The van der Waals surface area contributed by atoms with Crippen molar-refractivity contribution in [3.8, 4) is 11.3 Å². The number of halogens is 2. The minimum Gasteiger partial charge on any atom is -0.369 e. The van der Waals surface area contributed by atoms with Crippen molar-refractivity contribution >= 4 is 29.0 Å². The van der Waals surface area contributed by atoms with Gasteiger partial charge in [0.2, 0.25) is 0 Å². The largest absolute Gasteiger partial charge is 0.369 e. The Kier molecular flexibility index (Phi) is 4.90. The van der Waals surface area contributed by atoms with E-state index in [9.17, 15) is 0 Å². The van der Waals surface area contributed by atoms with E-state index in [4.69, 9.17) is 23.2 Å². The Balaban J connectivity index is 2.49. The van der Waals surface area contributed by atoms with Gasteiger partial charge in [-0.2, -0.15) is 0 Å². The Hall–Kier alpha value is -1.25. The Labute approximate surface area is 130 Å². The highest BCUT2D eigenvalue weighted by Gasteiger charge is 2.11. The number of benzene rings is 1. The van der Waals surface area contributed by atoms with Gasteiger partial charge in [0.25, 0.3) is 0 Å². The lowest BCUT2D eigenvalue weighted by Crippen LogP contribution is -2.03. The molecule has 2 rings (SSSR count). The molecule has 0 unspecified atom stereocenters. The molecule has 20 heavy (non-hydrogen) atoms. The van der Waals surface area contributed by atoms with Gasteiger partial charge in [-0.1, -0.05) is 47.3 Å². The lowest BCUT2D eigenvalue weighted by molar-refractivity contribution is 0.970. The van der Waals surface area contributed by atoms with E-state index in [2.05, 4.69) is 49.3 Å². The van der Waals surface area contributed by atoms with E-state index in [0.717, 1.165) is 24.2 Å². The molecule has 0 fully saturated rings. The second kappa shape index (κ2) is 6.47. The minimum atomic E-state index is 0.552. The van der Waals surface area contributed by atoms with Crippen LogP contribution in [-0.2, 0) is 0 Å². The van der Waals surface area contributed by atoms with Gasteiger partial charge in [0.05, 0.1) is 15.7 Å². The average molecular weight is 309 g/mol. The maximum Gasteiger partial charge on any atom is 0.145 e. The molecule has 0 aliphatic heterocycles. The number of nitrogens with zero attached hydrogens (tertiary/aromatic N) is 1. The number of nitrogens with one attached hydrogen (secondary N) is 1. The number of aromatic nitrogens is 1. The highest BCUT2D eigenvalue weighted by atomic mass is 35.5. The van der Waals surface area contributed by atoms with E-state index in [-0.39, 0.29) is 0 Å². The molecule has 0 spiro atoms. The van der Waals surface area contributed by atoms with Gasteiger partial charge in [-0.15, -0.1) is 0 Å². The molecule has 0 saturated heterocycles. The summed E-state index contributed by atoms with van der Waals surface area (Å²) in [7, 11) is 0. The first kappa shape index (κ1) is 15.1. The summed E-state index contributed by atoms with van der Waals surface area (Å²) in [6, 6.07) is 8.04. The van der Waals surface area contributed by atoms with E-state index in [1.165, 1.54) is 11.1 Å². The number of pyridine rings is 1. The zero-order valence-electron chi connectivity index (χ0n) is 11.9. The van der Waals surface area contributed by atoms with Crippen LogP contribution in [0.5, 0.6) is 0 Å². The number of hydrogen-bond acceptors (Lipinski definition) is 2. The standard InChI is InChI=1S/C16H18Cl2N2/c1-4-5-19-16-14(18)9-13(17)15(20-16)12-7-10(2)6-11(3)8-12/h6-9H,4-5H2,1-3H3,(H,19,20). The third-order valence-electron chi connectivity index (χ3n) is 2.97. The van der Waals surface area contributed by atoms with E-state index in [1.807, 2.05) is 0 Å². The van der Waals surface area contributed by atoms with Crippen LogP contribution >= 0.6 is 23.2 Å². The summed E-state index contributed by atoms with van der Waals surface area (Å²) in [4.78, 5) is 4.59. The lowest BCUT2D eigenvalue weighted by atomic mass is 10.0. The molecule has 0 radical (unpaired) electrons. The molecule has 0 aliphatic carbocycles. The molecule has 0 bridgehead atoms. The van der Waals surface area contributed by atoms with Gasteiger partial charge < -0.3 is 5.32 Å². The summed E-state index contributed by atoms with van der Waals surface area (Å²) in [5.41, 5.74) is 4.16. The van der Waals surface area contributed by atoms with Crippen LogP contribution in [-0.4, -0.2) is 11.5 Å². The quantitative estimate of drug-likeness (QED) is 0.807. The number of anilines is 1. The summed E-state index contributed by atoms with van der Waals surface area (Å²) in [5, 5.41) is 4.35. The Bertz CT molecular complexity index is 604. The maximum atomic E-state index is 6.30. The van der Waals surface area contributed by atoms with Crippen LogP contribution in [0.2, 0.25) is 10.0 Å². The Morgan fingerprint density at radius 1 is 1.00 bits per heavy atom. The predicted octanol–water partition coefficient (Wildman–Crippen LogP) is 5.49. The third kappa shape index (κ3) is 3.44. The summed E-state index contributed by atoms with van der Waals surface area (Å²) in [5.74, 6) is 0.687. The summed E-state index contributed by atoms with van der Waals surface area (Å²) >= 11 is 12.5. The van der Waals surface area contributed by atoms with Crippen LogP contribution in [0.1, 0.15) is 24.5 Å². The maximum absolute atomic E-state index is 6.30. The molecule has 4 heteroatoms. The summed E-state index contributed by atoms with van der Waals surface area (Å²) in [6.07, 6.45) is 1.01. The van der Waals surface area contributed by atoms with E-state index in [0.29, 0.717) is 15.9 Å². The van der Waals surface area contributed by atoms with Crippen LogP contribution < -0.4 is 5.32 Å². The first-order valence-electron chi connectivity index (χ1n) is 6.70. The van der Waals surface area contributed by atoms with Crippen LogP contribution in [0.25, 0.3) is 11.3 Å². The highest BCUT2D eigenvalue weighted by molar-refractivity contribution is 6.37. The number of aryl methyl sites for hydroxylation is 2. The highest BCUT2D eigenvalue weighted by Crippen LogP contribution is 2.33. The smallest absolute Gasteiger partial charge is 0.145 e. The van der Waals surface area contributed by atoms with Gasteiger partial charge >= 0.3 is 0 Å². The zero-order valence-corrected chi connectivity index (χ0v) is 13.4. The van der Waals surface area contributed by atoms with Crippen molar-refractivity contribution in [2.75, 3.05) is 11.9 Å². The van der Waals surface area contributed by atoms with Gasteiger partial charge in [0.15, 0.2) is 0 Å². The van der Waals surface area contributed by atoms with Crippen LogP contribution in [0.4, 0.5) is 5.82 Å². The molecule has 2 aromatic rings. The van der Waals surface area contributed by atoms with E-state index in [1.54, 1.807) is 6.07 Å². The fourth-order valence-electron chi connectivity index (χ4n) is 2.15. The summed E-state index contributed by atoms with van der Waals surface area (Å²) < 4.78 is 0. The van der Waals surface area contributed by atoms with Crippen molar-refractivity contribution < 1.29 is 0 Å². The Morgan fingerprint density at radius 3 is 2.25 bits per heavy atom. The van der Waals surface area contributed by atoms with Crippen LogP contribution in [0.3, 0.4) is 0 Å². The predicted molar refractivity (Wildman–Crippen MR) is 87.9 cm³/mol. The van der Waals surface area contributed by atoms with E-state index >= 15 is 0 Å². The van der Waals surface area contributed by atoms with Crippen molar-refractivity contribution in [3.05, 3.63) is 45.4 Å². The molecule has 1 aromatic carbocycles. The van der Waals surface area contributed by atoms with Gasteiger partial charge in [0, 0.05) is 12.1 Å². The molecule has 0 atom stereocenters. The van der Waals surface area contributed by atoms with E-state index < -0.39 is 0 Å². The van der Waals surface area contributed by atoms with Gasteiger partial charge in [-0.3, -0.25) is 0 Å². The fourth-order valence-corrected chi connectivity index (χ4v) is 2.68. The van der Waals surface area contributed by atoms with Crippen molar-refractivity contribution in [3.63, 3.8) is 0 Å². The second-order valence-corrected chi connectivity index (χ2v) is 5.77. The summed E-state index contributed by atoms with van der Waals surface area (Å²) in [6.45, 7) is 7.06. The zero-order chi connectivity index (χ0) is 14.7. The van der Waals surface area contributed by atoms with Gasteiger partial charge in [-0.25, -0.2) is 4.98 Å². The van der Waals surface area contributed by atoms with Crippen molar-refractivity contribution in [2.45, 2.75) is 27.2 Å². The number of rotatable bonds is 4. The molecule has 1 N–H and O–H groups in total. The van der Waals surface area contributed by atoms with Gasteiger partial charge in [0.1, 0.15) is 5.82 Å². The first-order valence-corrected chi connectivity index (χ1v) is 7.45. The van der Waals surface area contributed by atoms with Crippen LogP contribution in [0, 0.1) is 13.8 Å². The molecule has 0 aliphatic rings. The third-order valence-corrected chi connectivity index (χ3v) is 3.54. The molecule has 1 aromatic heterocycles. The molecular formula is C16H18Cl2N2. The molecule has 2 nitrogen and oxygen atoms in total. The van der Waals surface area contributed by atoms with Crippen molar-refractivity contribution in [1.82, 2.24) is 4.98 Å². The van der Waals surface area contributed by atoms with Crippen LogP contribution in [0.15, 0.2) is 24.3 Å². The van der Waals surface area contributed by atoms with Gasteiger partial charge in [-0.05, 0) is 38.5 Å². The molecule has 0 amide bonds.